The molecule has 0 unspecified atom stereocenters. The molecule has 0 radical (unpaired) electrons. The van der Waals surface area contributed by atoms with Crippen LogP contribution in [0.15, 0.2) is 12.1 Å². The molecule has 19 heavy (non-hydrogen) atoms. The Morgan fingerprint density at radius 3 is 2.47 bits per heavy atom. The monoisotopic (exact) mass is 261 g/mol. The Kier molecular flexibility index (Phi) is 2.88. The minimum Gasteiger partial charge on any atom is -0.494 e. The number of hydrogen-bond acceptors (Lipinski definition) is 5. The Labute approximate surface area is 111 Å². The highest BCUT2D eigenvalue weighted by molar-refractivity contribution is 5.95. The van der Waals surface area contributed by atoms with Crippen molar-refractivity contribution in [2.75, 3.05) is 18.7 Å². The van der Waals surface area contributed by atoms with Gasteiger partial charge in [0.15, 0.2) is 0 Å². The molecule has 0 aliphatic carbocycles. The number of nitrogens with zero attached hydrogens (tertiary/aromatic N) is 2. The molecule has 0 atom stereocenters. The summed E-state index contributed by atoms with van der Waals surface area (Å²) in [7, 11) is 1.57. The van der Waals surface area contributed by atoms with E-state index in [1.54, 1.807) is 7.11 Å². The van der Waals surface area contributed by atoms with Crippen molar-refractivity contribution < 1.29 is 4.74 Å². The van der Waals surface area contributed by atoms with Crippen molar-refractivity contribution >= 4 is 16.7 Å². The number of nitrogen functional groups attached to an aromatic ring is 2. The van der Waals surface area contributed by atoms with Gasteiger partial charge >= 0.3 is 0 Å². The third kappa shape index (κ3) is 1.99. The lowest BCUT2D eigenvalue weighted by atomic mass is 9.84. The van der Waals surface area contributed by atoms with E-state index in [0.29, 0.717) is 17.1 Å². The number of ether oxygens (including phenoxy) is 1. The molecule has 5 N–H and O–H groups in total. The zero-order chi connectivity index (χ0) is 14.4. The maximum atomic E-state index is 7.73. The van der Waals surface area contributed by atoms with Crippen molar-refractivity contribution in [1.29, 1.82) is 5.41 Å². The van der Waals surface area contributed by atoms with Gasteiger partial charge in [-0.3, -0.25) is 5.41 Å². The summed E-state index contributed by atoms with van der Waals surface area (Å²) < 4.78 is 6.37. The summed E-state index contributed by atoms with van der Waals surface area (Å²) >= 11 is 0. The van der Waals surface area contributed by atoms with Gasteiger partial charge in [0.2, 0.25) is 5.62 Å². The molecule has 1 aromatic carbocycles. The van der Waals surface area contributed by atoms with Crippen molar-refractivity contribution in [2.45, 2.75) is 26.2 Å². The third-order valence-corrected chi connectivity index (χ3v) is 3.13. The van der Waals surface area contributed by atoms with Crippen LogP contribution in [0, 0.1) is 5.41 Å². The van der Waals surface area contributed by atoms with E-state index >= 15 is 0 Å². The molecule has 2 rings (SSSR count). The molecule has 2 aromatic rings. The lowest BCUT2D eigenvalue weighted by Crippen LogP contribution is -2.32. The molecule has 0 saturated heterocycles. The molecule has 102 valence electrons. The Morgan fingerprint density at radius 2 is 1.95 bits per heavy atom. The average molecular weight is 261 g/mol. The number of methoxy groups -OCH3 is 1. The fraction of sp³-hybridized carbons (Fsp3) is 0.385. The van der Waals surface area contributed by atoms with E-state index in [0.717, 1.165) is 15.6 Å². The molecule has 1 heterocycles. The van der Waals surface area contributed by atoms with E-state index in [2.05, 4.69) is 25.8 Å². The highest BCUT2D eigenvalue weighted by Crippen LogP contribution is 2.35. The van der Waals surface area contributed by atoms with Crippen LogP contribution < -0.4 is 21.9 Å². The molecule has 0 fully saturated rings. The van der Waals surface area contributed by atoms with Crippen molar-refractivity contribution in [2.24, 2.45) is 0 Å². The lowest BCUT2D eigenvalue weighted by Gasteiger charge is -2.23. The first-order valence-electron chi connectivity index (χ1n) is 5.96. The second-order valence-corrected chi connectivity index (χ2v) is 5.48. The van der Waals surface area contributed by atoms with Gasteiger partial charge in [-0.15, -0.1) is 0 Å². The minimum absolute atomic E-state index is 0.102. The number of hydrogen-bond donors (Lipinski definition) is 3. The van der Waals surface area contributed by atoms with E-state index in [-0.39, 0.29) is 11.0 Å². The Bertz CT molecular complexity index is 697. The topological polar surface area (TPSA) is 103 Å². The predicted molar refractivity (Wildman–Crippen MR) is 75.4 cm³/mol. The van der Waals surface area contributed by atoms with E-state index in [4.69, 9.17) is 21.7 Å². The number of nitrogens with one attached hydrogen (secondary N) is 1. The second kappa shape index (κ2) is 4.15. The molecule has 1 aromatic heterocycles. The standard InChI is InChI=1S/C13H19N5O/c1-13(2,3)7-5-6-8(19-4)10-9(7)11(14)18(16)12(15)17-10/h5-6,15H,14,16H2,1-4H3. The molecule has 0 spiro atoms. The van der Waals surface area contributed by atoms with Gasteiger partial charge in [-0.25, -0.2) is 9.66 Å². The normalized spacial score (nSPS) is 11.8. The van der Waals surface area contributed by atoms with Crippen molar-refractivity contribution in [3.63, 3.8) is 0 Å². The average Bonchev–Trinajstić information content (AvgIpc) is 2.33. The summed E-state index contributed by atoms with van der Waals surface area (Å²) in [6, 6.07) is 3.80. The number of anilines is 1. The quantitative estimate of drug-likeness (QED) is 0.669. The van der Waals surface area contributed by atoms with Gasteiger partial charge in [0.05, 0.1) is 12.5 Å². The van der Waals surface area contributed by atoms with Crippen LogP contribution in [0.4, 0.5) is 5.82 Å². The van der Waals surface area contributed by atoms with E-state index in [9.17, 15) is 0 Å². The highest BCUT2D eigenvalue weighted by Gasteiger charge is 2.22. The summed E-state index contributed by atoms with van der Waals surface area (Å²) in [5.74, 6) is 6.66. The lowest BCUT2D eigenvalue weighted by molar-refractivity contribution is 0.418. The van der Waals surface area contributed by atoms with Crippen LogP contribution in [0.5, 0.6) is 5.75 Å². The van der Waals surface area contributed by atoms with E-state index in [1.807, 2.05) is 12.1 Å². The van der Waals surface area contributed by atoms with E-state index < -0.39 is 0 Å². The summed E-state index contributed by atoms with van der Waals surface area (Å²) in [4.78, 5) is 4.18. The van der Waals surface area contributed by atoms with Gasteiger partial charge in [-0.2, -0.15) is 0 Å². The minimum atomic E-state index is -0.114. The molecule has 0 aliphatic heterocycles. The number of benzene rings is 1. The summed E-state index contributed by atoms with van der Waals surface area (Å²) in [6.45, 7) is 6.26. The zero-order valence-corrected chi connectivity index (χ0v) is 11.6. The fourth-order valence-corrected chi connectivity index (χ4v) is 2.13. The van der Waals surface area contributed by atoms with Gasteiger partial charge in [-0.05, 0) is 17.0 Å². The molecule has 0 aliphatic rings. The molecule has 6 nitrogen and oxygen atoms in total. The largest absolute Gasteiger partial charge is 0.494 e. The first kappa shape index (κ1) is 13.2. The number of aromatic nitrogens is 2. The highest BCUT2D eigenvalue weighted by atomic mass is 16.5. The van der Waals surface area contributed by atoms with Gasteiger partial charge in [-0.1, -0.05) is 26.8 Å². The summed E-state index contributed by atoms with van der Waals surface area (Å²) in [5.41, 5.74) is 7.44. The fourth-order valence-electron chi connectivity index (χ4n) is 2.13. The van der Waals surface area contributed by atoms with Crippen LogP contribution >= 0.6 is 0 Å². The smallest absolute Gasteiger partial charge is 0.243 e. The Hall–Kier alpha value is -2.24. The number of rotatable bonds is 1. The molecule has 6 heteroatoms. The van der Waals surface area contributed by atoms with Gasteiger partial charge in [0.1, 0.15) is 17.1 Å². The van der Waals surface area contributed by atoms with Crippen LogP contribution in [-0.4, -0.2) is 16.8 Å². The molecule has 0 saturated carbocycles. The van der Waals surface area contributed by atoms with Crippen molar-refractivity contribution in [1.82, 2.24) is 9.66 Å². The molecular formula is C13H19N5O. The van der Waals surface area contributed by atoms with Crippen LogP contribution in [0.3, 0.4) is 0 Å². The zero-order valence-electron chi connectivity index (χ0n) is 11.6. The van der Waals surface area contributed by atoms with Crippen molar-refractivity contribution in [3.8, 4) is 5.75 Å². The van der Waals surface area contributed by atoms with Gasteiger partial charge < -0.3 is 16.3 Å². The van der Waals surface area contributed by atoms with E-state index in [1.165, 1.54) is 0 Å². The first-order valence-corrected chi connectivity index (χ1v) is 5.96. The predicted octanol–water partition coefficient (Wildman–Crippen LogP) is 1.12. The van der Waals surface area contributed by atoms with Crippen LogP contribution in [-0.2, 0) is 5.41 Å². The number of fused-ring (bicyclic) bond motifs is 1. The van der Waals surface area contributed by atoms with Gasteiger partial charge in [0.25, 0.3) is 0 Å². The maximum Gasteiger partial charge on any atom is 0.243 e. The third-order valence-electron chi connectivity index (χ3n) is 3.13. The second-order valence-electron chi connectivity index (χ2n) is 5.48. The maximum absolute atomic E-state index is 7.73. The molecule has 0 bridgehead atoms. The SMILES string of the molecule is COc1ccc(C(C)(C)C)c2c(N)n(N)c(=N)nc12. The van der Waals surface area contributed by atoms with Crippen LogP contribution in [0.1, 0.15) is 26.3 Å². The van der Waals surface area contributed by atoms with Crippen LogP contribution in [0.2, 0.25) is 0 Å². The molecular weight excluding hydrogens is 242 g/mol. The Morgan fingerprint density at radius 1 is 1.32 bits per heavy atom. The molecule has 0 amide bonds. The Balaban J connectivity index is 3.04. The number of nitrogens with two attached hydrogens (primary N) is 2. The first-order chi connectivity index (χ1) is 8.77. The van der Waals surface area contributed by atoms with Crippen molar-refractivity contribution in [3.05, 3.63) is 23.3 Å². The van der Waals surface area contributed by atoms with Crippen LogP contribution in [0.25, 0.3) is 10.9 Å². The summed E-state index contributed by atoms with van der Waals surface area (Å²) in [6.07, 6.45) is 0. The van der Waals surface area contributed by atoms with Gasteiger partial charge in [0, 0.05) is 0 Å². The summed E-state index contributed by atoms with van der Waals surface area (Å²) in [5, 5.41) is 8.47.